The maximum absolute atomic E-state index is 12.5. The number of sulfonamides is 1. The van der Waals surface area contributed by atoms with Gasteiger partial charge in [-0.05, 0) is 50.8 Å². The van der Waals surface area contributed by atoms with Gasteiger partial charge in [-0.15, -0.1) is 0 Å². The van der Waals surface area contributed by atoms with Gasteiger partial charge in [0.05, 0.1) is 16.4 Å². The highest BCUT2D eigenvalue weighted by Crippen LogP contribution is 2.26. The molecule has 0 radical (unpaired) electrons. The number of hydrogen-bond donors (Lipinski definition) is 2. The molecule has 2 rings (SSSR count). The van der Waals surface area contributed by atoms with Crippen LogP contribution in [0.4, 0.5) is 5.69 Å². The molecule has 2 amide bonds. The number of carbonyl (C=O) groups is 2. The number of carbonyl (C=O) groups excluding carboxylic acids is 2. The van der Waals surface area contributed by atoms with E-state index < -0.39 is 15.3 Å². The zero-order chi connectivity index (χ0) is 20.9. The van der Waals surface area contributed by atoms with Crippen LogP contribution < -0.4 is 10.0 Å². The molecule has 1 aromatic rings. The zero-order valence-corrected chi connectivity index (χ0v) is 17.9. The van der Waals surface area contributed by atoms with Crippen molar-refractivity contribution in [2.24, 2.45) is 5.92 Å². The van der Waals surface area contributed by atoms with Crippen LogP contribution in [0.25, 0.3) is 0 Å². The highest BCUT2D eigenvalue weighted by molar-refractivity contribution is 7.90. The summed E-state index contributed by atoms with van der Waals surface area (Å²) in [5.41, 5.74) is 1.74. The standard InChI is InChI=1S/C20H31N3O4S/c1-14(2)13-23-19(24)17-9-8-16(12-18(17)20(23)25)21-10-6-5-7-11-22-28(26,27)15(3)4/h8-9,12,14-15,21-22H,5-7,10-11,13H2,1-4H3. The highest BCUT2D eigenvalue weighted by Gasteiger charge is 2.35. The van der Waals surface area contributed by atoms with Gasteiger partial charge >= 0.3 is 0 Å². The molecule has 0 fully saturated rings. The second-order valence-corrected chi connectivity index (χ2v) is 10.2. The molecule has 0 bridgehead atoms. The number of nitrogens with one attached hydrogen (secondary N) is 2. The molecule has 2 N–H and O–H groups in total. The van der Waals surface area contributed by atoms with E-state index in [4.69, 9.17) is 0 Å². The average molecular weight is 410 g/mol. The number of anilines is 1. The third kappa shape index (κ3) is 5.54. The molecule has 0 saturated carbocycles. The molecular formula is C20H31N3O4S. The van der Waals surface area contributed by atoms with Crippen molar-refractivity contribution < 1.29 is 18.0 Å². The summed E-state index contributed by atoms with van der Waals surface area (Å²) in [6.07, 6.45) is 2.54. The predicted molar refractivity (Wildman–Crippen MR) is 111 cm³/mol. The lowest BCUT2D eigenvalue weighted by Crippen LogP contribution is -2.33. The summed E-state index contributed by atoms with van der Waals surface area (Å²) >= 11 is 0. The van der Waals surface area contributed by atoms with E-state index in [0.29, 0.717) is 30.8 Å². The molecule has 8 heteroatoms. The lowest BCUT2D eigenvalue weighted by molar-refractivity contribution is 0.0636. The molecule has 0 aromatic heterocycles. The number of benzene rings is 1. The van der Waals surface area contributed by atoms with Crippen LogP contribution in [0, 0.1) is 5.92 Å². The van der Waals surface area contributed by atoms with Gasteiger partial charge in [0.15, 0.2) is 0 Å². The zero-order valence-electron chi connectivity index (χ0n) is 17.1. The number of hydrogen-bond acceptors (Lipinski definition) is 5. The van der Waals surface area contributed by atoms with Crippen LogP contribution in [0.1, 0.15) is 67.7 Å². The first-order valence-corrected chi connectivity index (χ1v) is 11.4. The first-order chi connectivity index (χ1) is 13.1. The largest absolute Gasteiger partial charge is 0.385 e. The van der Waals surface area contributed by atoms with Gasteiger partial charge in [0, 0.05) is 25.3 Å². The number of fused-ring (bicyclic) bond motifs is 1. The average Bonchev–Trinajstić information content (AvgIpc) is 2.85. The van der Waals surface area contributed by atoms with E-state index in [0.717, 1.165) is 24.9 Å². The lowest BCUT2D eigenvalue weighted by Gasteiger charge is -2.15. The van der Waals surface area contributed by atoms with Gasteiger partial charge in [-0.1, -0.05) is 20.3 Å². The summed E-state index contributed by atoms with van der Waals surface area (Å²) in [7, 11) is -3.19. The van der Waals surface area contributed by atoms with E-state index in [1.54, 1.807) is 26.0 Å². The van der Waals surface area contributed by atoms with Crippen molar-refractivity contribution in [2.75, 3.05) is 25.0 Å². The van der Waals surface area contributed by atoms with Crippen molar-refractivity contribution in [3.05, 3.63) is 29.3 Å². The fourth-order valence-corrected chi connectivity index (χ4v) is 3.73. The second-order valence-electron chi connectivity index (χ2n) is 7.85. The van der Waals surface area contributed by atoms with Gasteiger partial charge < -0.3 is 5.32 Å². The first kappa shape index (κ1) is 22.4. The Labute approximate surface area is 167 Å². The fraction of sp³-hybridized carbons (Fsp3) is 0.600. The van der Waals surface area contributed by atoms with Gasteiger partial charge in [0.1, 0.15) is 0 Å². The molecule has 0 spiro atoms. The number of amides is 2. The quantitative estimate of drug-likeness (QED) is 0.433. The fourth-order valence-electron chi connectivity index (χ4n) is 2.97. The molecule has 1 aliphatic heterocycles. The van der Waals surface area contributed by atoms with E-state index in [2.05, 4.69) is 10.0 Å². The van der Waals surface area contributed by atoms with Gasteiger partial charge in [-0.25, -0.2) is 13.1 Å². The Balaban J connectivity index is 1.78. The third-order valence-corrected chi connectivity index (χ3v) is 6.47. The summed E-state index contributed by atoms with van der Waals surface area (Å²) in [6.45, 7) is 8.85. The van der Waals surface area contributed by atoms with Gasteiger partial charge in [0.2, 0.25) is 10.0 Å². The number of rotatable bonds is 11. The van der Waals surface area contributed by atoms with Crippen LogP contribution in [0.15, 0.2) is 18.2 Å². The van der Waals surface area contributed by atoms with Crippen molar-refractivity contribution in [2.45, 2.75) is 52.2 Å². The maximum Gasteiger partial charge on any atom is 0.261 e. The molecule has 7 nitrogen and oxygen atoms in total. The van der Waals surface area contributed by atoms with Gasteiger partial charge in [-0.2, -0.15) is 0 Å². The van der Waals surface area contributed by atoms with E-state index in [1.165, 1.54) is 4.90 Å². The highest BCUT2D eigenvalue weighted by atomic mass is 32.2. The SMILES string of the molecule is CC(C)CN1C(=O)c2ccc(NCCCCCNS(=O)(=O)C(C)C)cc2C1=O. The van der Waals surface area contributed by atoms with Crippen LogP contribution >= 0.6 is 0 Å². The van der Waals surface area contributed by atoms with E-state index in [-0.39, 0.29) is 17.7 Å². The number of imide groups is 1. The van der Waals surface area contributed by atoms with Crippen molar-refractivity contribution >= 4 is 27.5 Å². The summed E-state index contributed by atoms with van der Waals surface area (Å²) in [6, 6.07) is 5.27. The van der Waals surface area contributed by atoms with Crippen molar-refractivity contribution in [3.8, 4) is 0 Å². The summed E-state index contributed by atoms with van der Waals surface area (Å²) in [4.78, 5) is 26.2. The molecule has 28 heavy (non-hydrogen) atoms. The molecule has 1 heterocycles. The third-order valence-electron chi connectivity index (χ3n) is 4.62. The molecule has 0 saturated heterocycles. The first-order valence-electron chi connectivity index (χ1n) is 9.86. The lowest BCUT2D eigenvalue weighted by atomic mass is 10.1. The summed E-state index contributed by atoms with van der Waals surface area (Å²) in [5.74, 6) is -0.219. The Hall–Kier alpha value is -1.93. The van der Waals surface area contributed by atoms with Crippen LogP contribution in [-0.4, -0.2) is 50.0 Å². The van der Waals surface area contributed by atoms with Crippen molar-refractivity contribution in [3.63, 3.8) is 0 Å². The minimum absolute atomic E-state index is 0.218. The van der Waals surface area contributed by atoms with Crippen LogP contribution in [0.3, 0.4) is 0 Å². The Kier molecular flexibility index (Phi) is 7.60. The van der Waals surface area contributed by atoms with Crippen LogP contribution in [0.2, 0.25) is 0 Å². The Morgan fingerprint density at radius 3 is 2.21 bits per heavy atom. The normalized spacial score (nSPS) is 14.3. The Morgan fingerprint density at radius 1 is 0.929 bits per heavy atom. The summed E-state index contributed by atoms with van der Waals surface area (Å²) < 4.78 is 25.9. The number of nitrogens with zero attached hydrogens (tertiary/aromatic N) is 1. The monoisotopic (exact) mass is 409 g/mol. The molecule has 0 aliphatic carbocycles. The van der Waals surface area contributed by atoms with Crippen molar-refractivity contribution in [1.82, 2.24) is 9.62 Å². The van der Waals surface area contributed by atoms with Crippen molar-refractivity contribution in [1.29, 1.82) is 0 Å². The second kappa shape index (κ2) is 9.52. The summed E-state index contributed by atoms with van der Waals surface area (Å²) in [5, 5.41) is 2.85. The van der Waals surface area contributed by atoms with Crippen LogP contribution in [-0.2, 0) is 10.0 Å². The molecule has 0 atom stereocenters. The Bertz CT molecular complexity index is 819. The molecular weight excluding hydrogens is 378 g/mol. The predicted octanol–water partition coefficient (Wildman–Crippen LogP) is 2.85. The van der Waals surface area contributed by atoms with E-state index in [1.807, 2.05) is 19.9 Å². The topological polar surface area (TPSA) is 95.6 Å². The maximum atomic E-state index is 12.5. The van der Waals surface area contributed by atoms with Gasteiger partial charge in [-0.3, -0.25) is 14.5 Å². The molecule has 1 aromatic carbocycles. The van der Waals surface area contributed by atoms with E-state index in [9.17, 15) is 18.0 Å². The smallest absolute Gasteiger partial charge is 0.261 e. The van der Waals surface area contributed by atoms with Gasteiger partial charge in [0.25, 0.3) is 11.8 Å². The molecule has 0 unspecified atom stereocenters. The Morgan fingerprint density at radius 2 is 1.57 bits per heavy atom. The number of unbranched alkanes of at least 4 members (excludes halogenated alkanes) is 2. The minimum Gasteiger partial charge on any atom is -0.385 e. The molecule has 1 aliphatic rings. The van der Waals surface area contributed by atoms with Crippen LogP contribution in [0.5, 0.6) is 0 Å². The molecule has 156 valence electrons. The minimum atomic E-state index is -3.19. The van der Waals surface area contributed by atoms with E-state index >= 15 is 0 Å².